The summed E-state index contributed by atoms with van der Waals surface area (Å²) in [6.45, 7) is 6.36. The Labute approximate surface area is 154 Å². The Bertz CT molecular complexity index is 739. The molecule has 0 radical (unpaired) electrons. The fourth-order valence-electron chi connectivity index (χ4n) is 2.23. The van der Waals surface area contributed by atoms with E-state index in [0.29, 0.717) is 29.3 Å². The number of hydrogen-bond donors (Lipinski definition) is 2. The second kappa shape index (κ2) is 9.61. The Morgan fingerprint density at radius 2 is 1.58 bits per heavy atom. The van der Waals surface area contributed by atoms with E-state index in [1.807, 2.05) is 26.0 Å². The average molecular weight is 354 g/mol. The molecule has 0 aliphatic carbocycles. The number of nitrogens with one attached hydrogen (secondary N) is 2. The third-order valence-electron chi connectivity index (χ3n) is 3.82. The summed E-state index contributed by atoms with van der Waals surface area (Å²) in [5, 5.41) is 5.68. The molecular weight excluding hydrogens is 328 g/mol. The van der Waals surface area contributed by atoms with E-state index in [0.717, 1.165) is 12.8 Å². The lowest BCUT2D eigenvalue weighted by Gasteiger charge is -2.12. The van der Waals surface area contributed by atoms with Crippen molar-refractivity contribution in [1.82, 2.24) is 0 Å². The first-order chi connectivity index (χ1) is 12.5. The molecule has 5 nitrogen and oxygen atoms in total. The lowest BCUT2D eigenvalue weighted by molar-refractivity contribution is -0.118. The van der Waals surface area contributed by atoms with Gasteiger partial charge >= 0.3 is 0 Å². The molecule has 0 unspecified atom stereocenters. The molecular formula is C21H26N2O3. The fraction of sp³-hybridized carbons (Fsp3) is 0.333. The van der Waals surface area contributed by atoms with Crippen LogP contribution in [0.4, 0.5) is 11.4 Å². The summed E-state index contributed by atoms with van der Waals surface area (Å²) in [7, 11) is 0. The number of unbranched alkanes of at least 4 members (excludes halogenated alkanes) is 1. The highest BCUT2D eigenvalue weighted by atomic mass is 16.5. The van der Waals surface area contributed by atoms with Crippen molar-refractivity contribution in [3.05, 3.63) is 54.1 Å². The van der Waals surface area contributed by atoms with Gasteiger partial charge in [0, 0.05) is 17.3 Å². The minimum atomic E-state index is -0.226. The number of ether oxygens (including phenoxy) is 1. The van der Waals surface area contributed by atoms with Crippen LogP contribution >= 0.6 is 0 Å². The minimum Gasteiger partial charge on any atom is -0.493 e. The smallest absolute Gasteiger partial charge is 0.259 e. The third-order valence-corrected chi connectivity index (χ3v) is 3.82. The molecule has 5 heteroatoms. The highest BCUT2D eigenvalue weighted by molar-refractivity contribution is 6.06. The highest BCUT2D eigenvalue weighted by Crippen LogP contribution is 2.21. The molecule has 138 valence electrons. The van der Waals surface area contributed by atoms with Crippen LogP contribution in [0, 0.1) is 5.92 Å². The summed E-state index contributed by atoms with van der Waals surface area (Å²) >= 11 is 0. The number of benzene rings is 2. The predicted octanol–water partition coefficient (Wildman–Crippen LogP) is 4.71. The van der Waals surface area contributed by atoms with Crippen LogP contribution in [0.5, 0.6) is 5.75 Å². The molecule has 0 aliphatic heterocycles. The molecule has 26 heavy (non-hydrogen) atoms. The second-order valence-electron chi connectivity index (χ2n) is 6.37. The Morgan fingerprint density at radius 3 is 2.19 bits per heavy atom. The van der Waals surface area contributed by atoms with Crippen LogP contribution in [0.3, 0.4) is 0 Å². The monoisotopic (exact) mass is 354 g/mol. The first kappa shape index (κ1) is 19.5. The Hall–Kier alpha value is -2.82. The van der Waals surface area contributed by atoms with Crippen LogP contribution < -0.4 is 15.4 Å². The first-order valence-electron chi connectivity index (χ1n) is 8.95. The van der Waals surface area contributed by atoms with Gasteiger partial charge in [-0.1, -0.05) is 39.3 Å². The fourth-order valence-corrected chi connectivity index (χ4v) is 2.23. The van der Waals surface area contributed by atoms with Gasteiger partial charge in [-0.05, 0) is 42.8 Å². The van der Waals surface area contributed by atoms with Gasteiger partial charge in [0.1, 0.15) is 5.75 Å². The Morgan fingerprint density at radius 1 is 0.962 bits per heavy atom. The largest absolute Gasteiger partial charge is 0.493 e. The van der Waals surface area contributed by atoms with Crippen LogP contribution in [0.1, 0.15) is 44.0 Å². The second-order valence-corrected chi connectivity index (χ2v) is 6.37. The normalized spacial score (nSPS) is 10.5. The van der Waals surface area contributed by atoms with Crippen molar-refractivity contribution in [3.8, 4) is 5.75 Å². The summed E-state index contributed by atoms with van der Waals surface area (Å²) in [6, 6.07) is 14.3. The summed E-state index contributed by atoms with van der Waals surface area (Å²) < 4.78 is 5.71. The molecule has 2 amide bonds. The number of anilines is 2. The van der Waals surface area contributed by atoms with Crippen LogP contribution in [0.2, 0.25) is 0 Å². The van der Waals surface area contributed by atoms with E-state index in [-0.39, 0.29) is 17.7 Å². The molecule has 0 spiro atoms. The molecule has 2 aromatic rings. The molecule has 2 aromatic carbocycles. The maximum absolute atomic E-state index is 12.6. The van der Waals surface area contributed by atoms with E-state index >= 15 is 0 Å². The van der Waals surface area contributed by atoms with Crippen molar-refractivity contribution in [2.45, 2.75) is 33.6 Å². The predicted molar refractivity (Wildman–Crippen MR) is 105 cm³/mol. The van der Waals surface area contributed by atoms with Crippen LogP contribution in [-0.4, -0.2) is 18.4 Å². The van der Waals surface area contributed by atoms with Crippen molar-refractivity contribution in [1.29, 1.82) is 0 Å². The van der Waals surface area contributed by atoms with Gasteiger partial charge < -0.3 is 15.4 Å². The maximum atomic E-state index is 12.6. The number of rotatable bonds is 8. The van der Waals surface area contributed by atoms with Crippen molar-refractivity contribution >= 4 is 23.2 Å². The average Bonchev–Trinajstić information content (AvgIpc) is 2.63. The molecule has 0 atom stereocenters. The zero-order valence-corrected chi connectivity index (χ0v) is 15.5. The molecule has 0 fully saturated rings. The van der Waals surface area contributed by atoms with Crippen LogP contribution in [0.25, 0.3) is 0 Å². The van der Waals surface area contributed by atoms with E-state index < -0.39 is 0 Å². The SMILES string of the molecule is CCCCOc1ccccc1C(=O)Nc1ccc(NC(=O)C(C)C)cc1. The van der Waals surface area contributed by atoms with E-state index in [2.05, 4.69) is 17.6 Å². The van der Waals surface area contributed by atoms with Crippen molar-refractivity contribution in [2.24, 2.45) is 5.92 Å². The number of amides is 2. The van der Waals surface area contributed by atoms with Gasteiger partial charge in [0.05, 0.1) is 12.2 Å². The van der Waals surface area contributed by atoms with Gasteiger partial charge in [0.2, 0.25) is 5.91 Å². The summed E-state index contributed by atoms with van der Waals surface area (Å²) in [5.41, 5.74) is 1.85. The summed E-state index contributed by atoms with van der Waals surface area (Å²) in [6.07, 6.45) is 1.98. The van der Waals surface area contributed by atoms with E-state index in [9.17, 15) is 9.59 Å². The summed E-state index contributed by atoms with van der Waals surface area (Å²) in [4.78, 5) is 24.3. The lowest BCUT2D eigenvalue weighted by Crippen LogP contribution is -2.17. The maximum Gasteiger partial charge on any atom is 0.259 e. The minimum absolute atomic E-state index is 0.0417. The van der Waals surface area contributed by atoms with E-state index in [4.69, 9.17) is 4.74 Å². The van der Waals surface area contributed by atoms with Gasteiger partial charge in [-0.25, -0.2) is 0 Å². The van der Waals surface area contributed by atoms with Crippen LogP contribution in [-0.2, 0) is 4.79 Å². The van der Waals surface area contributed by atoms with E-state index in [1.165, 1.54) is 0 Å². The molecule has 0 saturated carbocycles. The zero-order valence-electron chi connectivity index (χ0n) is 15.5. The molecule has 0 aliphatic rings. The molecule has 2 rings (SSSR count). The number of carbonyl (C=O) groups is 2. The van der Waals surface area contributed by atoms with Crippen molar-refractivity contribution < 1.29 is 14.3 Å². The van der Waals surface area contributed by atoms with Gasteiger partial charge in [0.25, 0.3) is 5.91 Å². The number of carbonyl (C=O) groups excluding carboxylic acids is 2. The Balaban J connectivity index is 2.02. The van der Waals surface area contributed by atoms with Gasteiger partial charge in [-0.15, -0.1) is 0 Å². The molecule has 0 bridgehead atoms. The molecule has 0 heterocycles. The standard InChI is InChI=1S/C21H26N2O3/c1-4-5-14-26-19-9-7-6-8-18(19)21(25)23-17-12-10-16(11-13-17)22-20(24)15(2)3/h6-13,15H,4-5,14H2,1-3H3,(H,22,24)(H,23,25). The topological polar surface area (TPSA) is 67.4 Å². The lowest BCUT2D eigenvalue weighted by atomic mass is 10.1. The van der Waals surface area contributed by atoms with Gasteiger partial charge in [-0.2, -0.15) is 0 Å². The molecule has 2 N–H and O–H groups in total. The number of para-hydroxylation sites is 1. The molecule has 0 aromatic heterocycles. The van der Waals surface area contributed by atoms with Crippen molar-refractivity contribution in [3.63, 3.8) is 0 Å². The Kier molecular flexibility index (Phi) is 7.21. The third kappa shape index (κ3) is 5.62. The van der Waals surface area contributed by atoms with E-state index in [1.54, 1.807) is 36.4 Å². The quantitative estimate of drug-likeness (QED) is 0.675. The van der Waals surface area contributed by atoms with Gasteiger partial charge in [0.15, 0.2) is 0 Å². The highest BCUT2D eigenvalue weighted by Gasteiger charge is 2.12. The first-order valence-corrected chi connectivity index (χ1v) is 8.95. The zero-order chi connectivity index (χ0) is 18.9. The summed E-state index contributed by atoms with van der Waals surface area (Å²) in [5.74, 6) is 0.230. The van der Waals surface area contributed by atoms with Crippen molar-refractivity contribution in [2.75, 3.05) is 17.2 Å². The van der Waals surface area contributed by atoms with Crippen LogP contribution in [0.15, 0.2) is 48.5 Å². The van der Waals surface area contributed by atoms with Gasteiger partial charge in [-0.3, -0.25) is 9.59 Å². The molecule has 0 saturated heterocycles. The number of hydrogen-bond acceptors (Lipinski definition) is 3.